The molecule has 0 aromatic heterocycles. The molecule has 0 saturated carbocycles. The second-order valence-electron chi connectivity index (χ2n) is 5.30. The van der Waals surface area contributed by atoms with Gasteiger partial charge in [0.15, 0.2) is 0 Å². The molecule has 0 heterocycles. The molecule has 112 valence electrons. The van der Waals surface area contributed by atoms with E-state index in [1.807, 2.05) is 32.2 Å². The Morgan fingerprint density at radius 3 is 2.57 bits per heavy atom. The van der Waals surface area contributed by atoms with Gasteiger partial charge in [-0.05, 0) is 39.7 Å². The van der Waals surface area contributed by atoms with Crippen molar-refractivity contribution >= 4 is 11.9 Å². The van der Waals surface area contributed by atoms with Gasteiger partial charge in [0.25, 0.3) is 0 Å². The zero-order valence-electron chi connectivity index (χ0n) is 13.7. The standard InChI is InChI=1S/C19H26N2/c1-6-21-19(18-10-8-7-9-17(18)5)14-20-12-11-16(4)13-15(2)3/h7-10,13-14H,2,6,11-12H2,1,3-5H3/b16-13+,20-14?,21-19?. The molecule has 0 aliphatic carbocycles. The lowest BCUT2D eigenvalue weighted by Crippen LogP contribution is -2.06. The molecule has 0 N–H and O–H groups in total. The van der Waals surface area contributed by atoms with Crippen molar-refractivity contribution in [1.82, 2.24) is 0 Å². The predicted molar refractivity (Wildman–Crippen MR) is 94.8 cm³/mol. The topological polar surface area (TPSA) is 24.7 Å². The van der Waals surface area contributed by atoms with Crippen LogP contribution in [0.15, 0.2) is 58.1 Å². The minimum atomic E-state index is 0.768. The summed E-state index contributed by atoms with van der Waals surface area (Å²) in [6, 6.07) is 8.29. The Morgan fingerprint density at radius 2 is 1.95 bits per heavy atom. The lowest BCUT2D eigenvalue weighted by molar-refractivity contribution is 0.954. The Bertz CT molecular complexity index is 563. The number of aryl methyl sites for hydroxylation is 1. The van der Waals surface area contributed by atoms with Crippen LogP contribution in [0.2, 0.25) is 0 Å². The lowest BCUT2D eigenvalue weighted by Gasteiger charge is -2.05. The van der Waals surface area contributed by atoms with Crippen molar-refractivity contribution < 1.29 is 0 Å². The van der Waals surface area contributed by atoms with E-state index in [4.69, 9.17) is 0 Å². The number of hydrogen-bond donors (Lipinski definition) is 0. The van der Waals surface area contributed by atoms with Gasteiger partial charge in [0.1, 0.15) is 0 Å². The Balaban J connectivity index is 2.73. The highest BCUT2D eigenvalue weighted by molar-refractivity contribution is 6.38. The zero-order chi connectivity index (χ0) is 15.7. The van der Waals surface area contributed by atoms with Crippen LogP contribution in [0.5, 0.6) is 0 Å². The van der Waals surface area contributed by atoms with Gasteiger partial charge >= 0.3 is 0 Å². The van der Waals surface area contributed by atoms with Gasteiger partial charge in [-0.3, -0.25) is 9.98 Å². The lowest BCUT2D eigenvalue weighted by atomic mass is 10.0. The summed E-state index contributed by atoms with van der Waals surface area (Å²) in [7, 11) is 0. The molecule has 0 aliphatic rings. The van der Waals surface area contributed by atoms with Crippen molar-refractivity contribution in [3.63, 3.8) is 0 Å². The monoisotopic (exact) mass is 282 g/mol. The summed E-state index contributed by atoms with van der Waals surface area (Å²) in [4.78, 5) is 9.09. The minimum Gasteiger partial charge on any atom is -0.291 e. The summed E-state index contributed by atoms with van der Waals surface area (Å²) in [5.41, 5.74) is 5.76. The first-order valence-corrected chi connectivity index (χ1v) is 7.47. The molecule has 0 radical (unpaired) electrons. The zero-order valence-corrected chi connectivity index (χ0v) is 13.7. The molecular formula is C19H26N2. The molecular weight excluding hydrogens is 256 g/mol. The van der Waals surface area contributed by atoms with Gasteiger partial charge in [-0.25, -0.2) is 0 Å². The Morgan fingerprint density at radius 1 is 1.24 bits per heavy atom. The van der Waals surface area contributed by atoms with E-state index in [0.717, 1.165) is 36.4 Å². The maximum absolute atomic E-state index is 4.56. The molecule has 0 unspecified atom stereocenters. The average Bonchev–Trinajstić information content (AvgIpc) is 2.42. The van der Waals surface area contributed by atoms with Crippen LogP contribution in [0.4, 0.5) is 0 Å². The molecule has 2 heteroatoms. The van der Waals surface area contributed by atoms with Gasteiger partial charge in [0.2, 0.25) is 0 Å². The van der Waals surface area contributed by atoms with E-state index in [2.05, 4.69) is 48.6 Å². The molecule has 0 bridgehead atoms. The van der Waals surface area contributed by atoms with Crippen LogP contribution < -0.4 is 0 Å². The second kappa shape index (κ2) is 9.06. The summed E-state index contributed by atoms with van der Waals surface area (Å²) in [5, 5.41) is 0. The van der Waals surface area contributed by atoms with Gasteiger partial charge in [-0.2, -0.15) is 0 Å². The fourth-order valence-corrected chi connectivity index (χ4v) is 2.11. The number of allylic oxidation sites excluding steroid dienone is 2. The quantitative estimate of drug-likeness (QED) is 0.507. The Hall–Kier alpha value is -1.96. The number of rotatable bonds is 7. The summed E-state index contributed by atoms with van der Waals surface area (Å²) >= 11 is 0. The summed E-state index contributed by atoms with van der Waals surface area (Å²) < 4.78 is 0. The van der Waals surface area contributed by atoms with Crippen LogP contribution in [0, 0.1) is 6.92 Å². The molecule has 0 fully saturated rings. The van der Waals surface area contributed by atoms with Crippen molar-refractivity contribution in [2.45, 2.75) is 34.1 Å². The van der Waals surface area contributed by atoms with Gasteiger partial charge in [0, 0.05) is 24.9 Å². The van der Waals surface area contributed by atoms with Crippen molar-refractivity contribution in [3.8, 4) is 0 Å². The van der Waals surface area contributed by atoms with Crippen molar-refractivity contribution in [1.29, 1.82) is 0 Å². The van der Waals surface area contributed by atoms with Gasteiger partial charge in [-0.15, -0.1) is 0 Å². The maximum atomic E-state index is 4.56. The normalized spacial score (nSPS) is 13.0. The summed E-state index contributed by atoms with van der Waals surface area (Å²) in [5.74, 6) is 0. The number of benzene rings is 1. The number of hydrogen-bond acceptors (Lipinski definition) is 2. The molecule has 0 aliphatic heterocycles. The molecule has 1 aromatic carbocycles. The highest BCUT2D eigenvalue weighted by atomic mass is 14.8. The van der Waals surface area contributed by atoms with Crippen LogP contribution >= 0.6 is 0 Å². The fraction of sp³-hybridized carbons (Fsp3) is 0.368. The van der Waals surface area contributed by atoms with Crippen molar-refractivity contribution in [2.75, 3.05) is 13.1 Å². The second-order valence-corrected chi connectivity index (χ2v) is 5.30. The largest absolute Gasteiger partial charge is 0.291 e. The molecule has 0 atom stereocenters. The molecule has 1 aromatic rings. The van der Waals surface area contributed by atoms with E-state index < -0.39 is 0 Å². The van der Waals surface area contributed by atoms with Crippen molar-refractivity contribution in [3.05, 3.63) is 59.2 Å². The van der Waals surface area contributed by atoms with Crippen LogP contribution in [0.25, 0.3) is 0 Å². The molecule has 0 spiro atoms. The van der Waals surface area contributed by atoms with E-state index in [0.29, 0.717) is 0 Å². The smallest absolute Gasteiger partial charge is 0.0827 e. The third-order valence-electron chi connectivity index (χ3n) is 3.09. The van der Waals surface area contributed by atoms with E-state index in [-0.39, 0.29) is 0 Å². The molecule has 21 heavy (non-hydrogen) atoms. The number of nitrogens with zero attached hydrogens (tertiary/aromatic N) is 2. The molecule has 0 saturated heterocycles. The first kappa shape index (κ1) is 17.1. The van der Waals surface area contributed by atoms with Gasteiger partial charge in [-0.1, -0.05) is 48.1 Å². The first-order chi connectivity index (χ1) is 10.0. The maximum Gasteiger partial charge on any atom is 0.0827 e. The van der Waals surface area contributed by atoms with E-state index in [1.165, 1.54) is 11.1 Å². The van der Waals surface area contributed by atoms with Crippen LogP contribution in [0.3, 0.4) is 0 Å². The number of aliphatic imine (C=N–C) groups is 2. The van der Waals surface area contributed by atoms with E-state index in [9.17, 15) is 0 Å². The Labute approximate surface area is 129 Å². The van der Waals surface area contributed by atoms with Crippen molar-refractivity contribution in [2.24, 2.45) is 9.98 Å². The first-order valence-electron chi connectivity index (χ1n) is 7.47. The SMILES string of the molecule is C=C(C)/C=C(\C)CCN=CC(=NCC)c1ccccc1C. The molecule has 1 rings (SSSR count). The Kier molecular flexibility index (Phi) is 7.38. The van der Waals surface area contributed by atoms with Gasteiger partial charge < -0.3 is 0 Å². The fourth-order valence-electron chi connectivity index (χ4n) is 2.11. The minimum absolute atomic E-state index is 0.768. The summed E-state index contributed by atoms with van der Waals surface area (Å²) in [6.45, 7) is 13.7. The third kappa shape index (κ3) is 6.35. The van der Waals surface area contributed by atoms with Crippen LogP contribution in [0.1, 0.15) is 38.3 Å². The molecule has 2 nitrogen and oxygen atoms in total. The highest BCUT2D eigenvalue weighted by Crippen LogP contribution is 2.08. The van der Waals surface area contributed by atoms with Gasteiger partial charge in [0.05, 0.1) is 5.71 Å². The van der Waals surface area contributed by atoms with Crippen LogP contribution in [-0.2, 0) is 0 Å². The predicted octanol–water partition coefficient (Wildman–Crippen LogP) is 4.79. The summed E-state index contributed by atoms with van der Waals surface area (Å²) in [6.07, 6.45) is 4.97. The third-order valence-corrected chi connectivity index (χ3v) is 3.09. The highest BCUT2D eigenvalue weighted by Gasteiger charge is 2.02. The van der Waals surface area contributed by atoms with E-state index >= 15 is 0 Å². The molecule has 0 amide bonds. The van der Waals surface area contributed by atoms with E-state index in [1.54, 1.807) is 0 Å². The average molecular weight is 282 g/mol. The van der Waals surface area contributed by atoms with Crippen LogP contribution in [-0.4, -0.2) is 25.0 Å².